The monoisotopic (exact) mass is 566 g/mol. The topological polar surface area (TPSA) is 77.2 Å². The minimum atomic E-state index is -0.341. The second kappa shape index (κ2) is 13.6. The van der Waals surface area contributed by atoms with E-state index in [1.807, 2.05) is 12.3 Å². The minimum absolute atomic E-state index is 0. The molecule has 0 radical (unpaired) electrons. The summed E-state index contributed by atoms with van der Waals surface area (Å²) in [6.45, 7) is 8.45. The number of hydrogen-bond acceptors (Lipinski definition) is 6. The van der Waals surface area contributed by atoms with Gasteiger partial charge < -0.3 is 10.1 Å². The zero-order valence-corrected chi connectivity index (χ0v) is 23.5. The van der Waals surface area contributed by atoms with Crippen molar-refractivity contribution < 1.29 is 9.13 Å². The zero-order chi connectivity index (χ0) is 25.1. The first-order valence-corrected chi connectivity index (χ1v) is 13.0. The Bertz CT molecular complexity index is 1220. The van der Waals surface area contributed by atoms with Gasteiger partial charge in [0.05, 0.1) is 30.3 Å². The van der Waals surface area contributed by atoms with Crippen LogP contribution >= 0.6 is 24.8 Å². The van der Waals surface area contributed by atoms with Crippen LogP contribution < -0.4 is 11.0 Å². The van der Waals surface area contributed by atoms with Gasteiger partial charge in [-0.3, -0.25) is 14.0 Å². The average molecular weight is 568 g/mol. The van der Waals surface area contributed by atoms with Crippen LogP contribution in [0.1, 0.15) is 39.5 Å². The van der Waals surface area contributed by atoms with Crippen LogP contribution in [-0.2, 0) is 11.3 Å². The molecule has 2 aromatic heterocycles. The Labute approximate surface area is 235 Å². The lowest BCUT2D eigenvalue weighted by Crippen LogP contribution is -2.46. The number of aromatic nitrogens is 4. The van der Waals surface area contributed by atoms with Gasteiger partial charge in [0.25, 0.3) is 0 Å². The highest BCUT2D eigenvalue weighted by Crippen LogP contribution is 2.27. The quantitative estimate of drug-likeness (QED) is 0.443. The molecule has 1 N–H and O–H groups in total. The number of anilines is 1. The molecule has 8 nitrogen and oxygen atoms in total. The lowest BCUT2D eigenvalue weighted by molar-refractivity contribution is 0.00790. The Morgan fingerprint density at radius 2 is 1.74 bits per heavy atom. The van der Waals surface area contributed by atoms with Crippen LogP contribution in [0.2, 0.25) is 0 Å². The molecular formula is C27H37Cl2FN6O2. The summed E-state index contributed by atoms with van der Waals surface area (Å²) >= 11 is 0. The Balaban J connectivity index is 0.00000200. The molecule has 0 bridgehead atoms. The largest absolute Gasteiger partial charge is 0.379 e. The highest BCUT2D eigenvalue weighted by atomic mass is 35.5. The van der Waals surface area contributed by atoms with Crippen molar-refractivity contribution in [1.82, 2.24) is 24.0 Å². The molecule has 5 rings (SSSR count). The van der Waals surface area contributed by atoms with Crippen LogP contribution in [0.3, 0.4) is 0 Å². The predicted molar refractivity (Wildman–Crippen MR) is 152 cm³/mol. The summed E-state index contributed by atoms with van der Waals surface area (Å²) in [7, 11) is 0. The summed E-state index contributed by atoms with van der Waals surface area (Å²) in [4.78, 5) is 25.1. The molecule has 1 aromatic carbocycles. The average Bonchev–Trinajstić information content (AvgIpc) is 3.21. The van der Waals surface area contributed by atoms with Crippen LogP contribution in [0.4, 0.5) is 10.3 Å². The van der Waals surface area contributed by atoms with E-state index in [1.165, 1.54) is 12.1 Å². The van der Waals surface area contributed by atoms with Crippen molar-refractivity contribution in [2.45, 2.75) is 58.2 Å². The van der Waals surface area contributed by atoms with Gasteiger partial charge >= 0.3 is 5.69 Å². The van der Waals surface area contributed by atoms with Crippen molar-refractivity contribution in [3.8, 4) is 17.1 Å². The molecule has 1 aliphatic heterocycles. The third kappa shape index (κ3) is 6.94. The first-order chi connectivity index (χ1) is 17.5. The van der Waals surface area contributed by atoms with Crippen molar-refractivity contribution >= 4 is 30.8 Å². The number of nitrogens with zero attached hydrogens (tertiary/aromatic N) is 5. The van der Waals surface area contributed by atoms with Crippen LogP contribution in [0.15, 0.2) is 47.5 Å². The van der Waals surface area contributed by atoms with Gasteiger partial charge in [0, 0.05) is 44.1 Å². The van der Waals surface area contributed by atoms with E-state index in [2.05, 4.69) is 29.0 Å². The molecule has 1 saturated carbocycles. The van der Waals surface area contributed by atoms with Gasteiger partial charge in [-0.15, -0.1) is 24.8 Å². The number of nitrogens with one attached hydrogen (secondary N) is 1. The number of hydrogen-bond donors (Lipinski definition) is 1. The molecular weight excluding hydrogens is 530 g/mol. The highest BCUT2D eigenvalue weighted by Gasteiger charge is 2.27. The van der Waals surface area contributed by atoms with E-state index in [-0.39, 0.29) is 36.3 Å². The predicted octanol–water partition coefficient (Wildman–Crippen LogP) is 4.79. The molecule has 1 saturated heterocycles. The zero-order valence-electron chi connectivity index (χ0n) is 21.9. The summed E-state index contributed by atoms with van der Waals surface area (Å²) in [6.07, 6.45) is 8.01. The maximum absolute atomic E-state index is 13.6. The Morgan fingerprint density at radius 1 is 1.05 bits per heavy atom. The van der Waals surface area contributed by atoms with Crippen molar-refractivity contribution in [3.63, 3.8) is 0 Å². The van der Waals surface area contributed by atoms with Crippen molar-refractivity contribution in [1.29, 1.82) is 0 Å². The molecule has 0 spiro atoms. The summed E-state index contributed by atoms with van der Waals surface area (Å²) in [5.74, 6) is 0.527. The fraction of sp³-hybridized carbons (Fsp3) is 0.519. The normalized spacial score (nSPS) is 20.0. The maximum Gasteiger partial charge on any atom is 0.333 e. The van der Waals surface area contributed by atoms with E-state index in [9.17, 15) is 9.18 Å². The molecule has 3 heterocycles. The number of rotatable bonds is 7. The molecule has 11 heteroatoms. The van der Waals surface area contributed by atoms with Gasteiger partial charge in [-0.2, -0.15) is 0 Å². The fourth-order valence-corrected chi connectivity index (χ4v) is 5.32. The molecule has 38 heavy (non-hydrogen) atoms. The third-order valence-corrected chi connectivity index (χ3v) is 7.11. The third-order valence-electron chi connectivity index (χ3n) is 7.11. The van der Waals surface area contributed by atoms with E-state index in [0.717, 1.165) is 52.0 Å². The summed E-state index contributed by atoms with van der Waals surface area (Å²) in [5.41, 5.74) is 1.75. The second-order valence-corrected chi connectivity index (χ2v) is 10.2. The fourth-order valence-electron chi connectivity index (χ4n) is 5.32. The van der Waals surface area contributed by atoms with Gasteiger partial charge in [0.2, 0.25) is 5.95 Å². The number of morpholine rings is 1. The first-order valence-electron chi connectivity index (χ1n) is 13.0. The van der Waals surface area contributed by atoms with E-state index < -0.39 is 0 Å². The Hall–Kier alpha value is -2.46. The molecule has 0 atom stereocenters. The number of ether oxygens (including phenoxy) is 1. The Morgan fingerprint density at radius 3 is 2.39 bits per heavy atom. The van der Waals surface area contributed by atoms with Crippen LogP contribution in [0.25, 0.3) is 17.1 Å². The smallest absolute Gasteiger partial charge is 0.333 e. The molecule has 208 valence electrons. The highest BCUT2D eigenvalue weighted by molar-refractivity contribution is 5.85. The summed E-state index contributed by atoms with van der Waals surface area (Å²) in [6, 6.07) is 8.74. The SMILES string of the molecule is CC(C)Cn1cc(-c2ccnc(NC3CCC(N4CCOCC4)CC3)n2)n(-c2ccc(F)cc2)c1=O.Cl.Cl. The van der Waals surface area contributed by atoms with Gasteiger partial charge in [0.15, 0.2) is 0 Å². The van der Waals surface area contributed by atoms with Crippen LogP contribution in [0.5, 0.6) is 0 Å². The Kier molecular flexibility index (Phi) is 10.7. The standard InChI is InChI=1S/C27H35FN6O2.2ClH/c1-19(2)17-33-18-25(34(27(33)35)23-7-3-20(28)4-8-23)24-11-12-29-26(31-24)30-21-5-9-22(10-6-21)32-13-15-36-16-14-32;;/h3-4,7-8,11-12,18-19,21-22H,5-6,9-10,13-17H2,1-2H3,(H,29,30,31);2*1H. The van der Waals surface area contributed by atoms with E-state index in [0.29, 0.717) is 47.6 Å². The van der Waals surface area contributed by atoms with E-state index in [1.54, 1.807) is 27.5 Å². The first kappa shape index (κ1) is 30.1. The lowest BCUT2D eigenvalue weighted by Gasteiger charge is -2.38. The van der Waals surface area contributed by atoms with Crippen LogP contribution in [-0.4, -0.2) is 62.4 Å². The van der Waals surface area contributed by atoms with Gasteiger partial charge in [-0.25, -0.2) is 19.2 Å². The van der Waals surface area contributed by atoms with Crippen molar-refractivity contribution in [3.05, 3.63) is 59.0 Å². The van der Waals surface area contributed by atoms with E-state index >= 15 is 0 Å². The molecule has 2 fully saturated rings. The van der Waals surface area contributed by atoms with E-state index in [4.69, 9.17) is 9.72 Å². The second-order valence-electron chi connectivity index (χ2n) is 10.2. The van der Waals surface area contributed by atoms with Crippen molar-refractivity contribution in [2.75, 3.05) is 31.6 Å². The summed E-state index contributed by atoms with van der Waals surface area (Å²) in [5, 5.41) is 3.53. The lowest BCUT2D eigenvalue weighted by atomic mass is 9.90. The molecule has 0 amide bonds. The van der Waals surface area contributed by atoms with Gasteiger partial charge in [0.1, 0.15) is 5.82 Å². The van der Waals surface area contributed by atoms with Crippen LogP contribution in [0, 0.1) is 11.7 Å². The molecule has 0 unspecified atom stereocenters. The maximum atomic E-state index is 13.6. The number of benzene rings is 1. The van der Waals surface area contributed by atoms with Crippen molar-refractivity contribution in [2.24, 2.45) is 5.92 Å². The summed E-state index contributed by atoms with van der Waals surface area (Å²) < 4.78 is 22.4. The van der Waals surface area contributed by atoms with Gasteiger partial charge in [-0.1, -0.05) is 13.8 Å². The molecule has 2 aliphatic rings. The van der Waals surface area contributed by atoms with Gasteiger partial charge in [-0.05, 0) is 61.9 Å². The molecule has 3 aromatic rings. The number of imidazole rings is 1. The molecule has 1 aliphatic carbocycles. The minimum Gasteiger partial charge on any atom is -0.379 e. The number of halogens is 3.